The summed E-state index contributed by atoms with van der Waals surface area (Å²) in [4.78, 5) is 27.4. The van der Waals surface area contributed by atoms with E-state index in [-0.39, 0.29) is 33.4 Å². The number of aryl methyl sites for hydroxylation is 1. The molecule has 4 N–H and O–H groups in total. The van der Waals surface area contributed by atoms with E-state index < -0.39 is 5.91 Å². The van der Waals surface area contributed by atoms with E-state index in [2.05, 4.69) is 19.9 Å². The molecule has 30 heavy (non-hydrogen) atoms. The van der Waals surface area contributed by atoms with Gasteiger partial charge in [0.2, 0.25) is 5.95 Å². The van der Waals surface area contributed by atoms with Crippen molar-refractivity contribution in [3.8, 4) is 11.1 Å². The molecule has 1 spiro atoms. The fourth-order valence-corrected chi connectivity index (χ4v) is 4.80. The predicted molar refractivity (Wildman–Crippen MR) is 116 cm³/mol. The smallest absolute Gasteiger partial charge is 0.268 e. The third-order valence-electron chi connectivity index (χ3n) is 6.32. The molecular formula is C20H24Cl2N6O2. The highest BCUT2D eigenvalue weighted by molar-refractivity contribution is 6.43. The Morgan fingerprint density at radius 1 is 1.30 bits per heavy atom. The van der Waals surface area contributed by atoms with Crippen molar-refractivity contribution in [3.63, 3.8) is 0 Å². The minimum absolute atomic E-state index is 0.0151. The van der Waals surface area contributed by atoms with Gasteiger partial charge in [-0.15, -0.1) is 0 Å². The molecule has 0 radical (unpaired) electrons. The fourth-order valence-electron chi connectivity index (χ4n) is 4.44. The summed E-state index contributed by atoms with van der Waals surface area (Å²) in [5.41, 5.74) is 13.7. The van der Waals surface area contributed by atoms with E-state index in [1.54, 1.807) is 13.0 Å². The summed E-state index contributed by atoms with van der Waals surface area (Å²) in [6.07, 6.45) is 3.33. The molecule has 8 nitrogen and oxygen atoms in total. The minimum Gasteiger partial charge on any atom is -0.376 e. The van der Waals surface area contributed by atoms with Crippen LogP contribution in [0.25, 0.3) is 11.1 Å². The molecule has 4 heterocycles. The third-order valence-corrected chi connectivity index (χ3v) is 7.08. The van der Waals surface area contributed by atoms with Crippen molar-refractivity contribution in [2.24, 2.45) is 16.9 Å². The lowest BCUT2D eigenvalue weighted by atomic mass is 9.73. The average molecular weight is 451 g/mol. The van der Waals surface area contributed by atoms with Gasteiger partial charge >= 0.3 is 0 Å². The highest BCUT2D eigenvalue weighted by atomic mass is 35.5. The summed E-state index contributed by atoms with van der Waals surface area (Å²) < 4.78 is 5.79. The number of amides is 1. The summed E-state index contributed by atoms with van der Waals surface area (Å²) in [7, 11) is 0. The lowest BCUT2D eigenvalue weighted by molar-refractivity contribution is 0.0973. The lowest BCUT2D eigenvalue weighted by Gasteiger charge is -2.41. The van der Waals surface area contributed by atoms with Gasteiger partial charge in [0.1, 0.15) is 10.8 Å². The molecule has 1 amide bonds. The van der Waals surface area contributed by atoms with Gasteiger partial charge in [0.15, 0.2) is 0 Å². The van der Waals surface area contributed by atoms with E-state index >= 15 is 0 Å². The van der Waals surface area contributed by atoms with Crippen molar-refractivity contribution >= 4 is 35.1 Å². The van der Waals surface area contributed by atoms with Crippen LogP contribution in [0.4, 0.5) is 5.95 Å². The van der Waals surface area contributed by atoms with Crippen LogP contribution in [-0.4, -0.2) is 52.7 Å². The number of piperidine rings is 1. The maximum Gasteiger partial charge on any atom is 0.268 e. The Bertz CT molecular complexity index is 994. The molecule has 2 atom stereocenters. The standard InChI is InChI=1S/C20H24Cl2N6O2/c1-10-13(12-3-6-25-17(22)14(12)21)15(18(24)29)27-19(26-10)28-7-4-20(5-8-28)9-30-11(2)16(20)23/h3,6,11,16H,4-5,7-9,23H2,1-2H3,(H2,24,29)/t11-,16+/m0/s1. The van der Waals surface area contributed by atoms with Crippen LogP contribution >= 0.6 is 23.2 Å². The number of nitrogens with zero attached hydrogens (tertiary/aromatic N) is 4. The number of rotatable bonds is 3. The summed E-state index contributed by atoms with van der Waals surface area (Å²) in [5.74, 6) is -0.189. The first-order chi connectivity index (χ1) is 14.2. The van der Waals surface area contributed by atoms with Gasteiger partial charge in [0, 0.05) is 41.9 Å². The maximum absolute atomic E-state index is 12.3. The van der Waals surface area contributed by atoms with E-state index in [1.807, 2.05) is 6.92 Å². The van der Waals surface area contributed by atoms with Gasteiger partial charge in [-0.25, -0.2) is 15.0 Å². The zero-order chi connectivity index (χ0) is 21.6. The number of nitrogens with two attached hydrogens (primary N) is 2. The van der Waals surface area contributed by atoms with E-state index in [0.717, 1.165) is 25.9 Å². The van der Waals surface area contributed by atoms with Gasteiger partial charge in [0.05, 0.1) is 23.4 Å². The molecule has 2 aromatic rings. The van der Waals surface area contributed by atoms with E-state index in [1.165, 1.54) is 6.20 Å². The molecule has 4 rings (SSSR count). The van der Waals surface area contributed by atoms with Crippen LogP contribution in [0.5, 0.6) is 0 Å². The number of carbonyl (C=O) groups excluding carboxylic acids is 1. The van der Waals surface area contributed by atoms with Crippen molar-refractivity contribution in [2.45, 2.75) is 38.8 Å². The van der Waals surface area contributed by atoms with Crippen LogP contribution in [0.2, 0.25) is 10.2 Å². The number of anilines is 1. The molecule has 2 fully saturated rings. The predicted octanol–water partition coefficient (Wildman–Crippen LogP) is 2.59. The molecule has 2 aliphatic rings. The van der Waals surface area contributed by atoms with Crippen LogP contribution in [0.3, 0.4) is 0 Å². The van der Waals surface area contributed by atoms with Gasteiger partial charge in [0.25, 0.3) is 5.91 Å². The largest absolute Gasteiger partial charge is 0.376 e. The van der Waals surface area contributed by atoms with Crippen LogP contribution in [0.15, 0.2) is 12.3 Å². The lowest BCUT2D eigenvalue weighted by Crippen LogP contribution is -2.51. The number of ether oxygens (including phenoxy) is 1. The van der Waals surface area contributed by atoms with E-state index in [4.69, 9.17) is 39.4 Å². The topological polar surface area (TPSA) is 120 Å². The third kappa shape index (κ3) is 3.51. The van der Waals surface area contributed by atoms with Gasteiger partial charge in [-0.3, -0.25) is 4.79 Å². The van der Waals surface area contributed by atoms with Crippen LogP contribution in [0.1, 0.15) is 35.9 Å². The Morgan fingerprint density at radius 3 is 2.60 bits per heavy atom. The Balaban J connectivity index is 1.67. The second-order valence-corrected chi connectivity index (χ2v) is 8.79. The highest BCUT2D eigenvalue weighted by Crippen LogP contribution is 2.42. The molecule has 2 aromatic heterocycles. The van der Waals surface area contributed by atoms with E-state index in [9.17, 15) is 4.79 Å². The molecular weight excluding hydrogens is 427 g/mol. The highest BCUT2D eigenvalue weighted by Gasteiger charge is 2.47. The minimum atomic E-state index is -0.658. The summed E-state index contributed by atoms with van der Waals surface area (Å²) in [6, 6.07) is 1.68. The first-order valence-electron chi connectivity index (χ1n) is 9.84. The normalized spacial score (nSPS) is 23.2. The number of primary amides is 1. The number of carbonyl (C=O) groups is 1. The van der Waals surface area contributed by atoms with Crippen molar-refractivity contribution in [1.82, 2.24) is 15.0 Å². The first-order valence-corrected chi connectivity index (χ1v) is 10.6. The molecule has 0 aromatic carbocycles. The van der Waals surface area contributed by atoms with Gasteiger partial charge in [-0.2, -0.15) is 0 Å². The van der Waals surface area contributed by atoms with Crippen molar-refractivity contribution in [1.29, 1.82) is 0 Å². The van der Waals surface area contributed by atoms with Crippen LogP contribution < -0.4 is 16.4 Å². The number of pyridine rings is 1. The van der Waals surface area contributed by atoms with Gasteiger partial charge < -0.3 is 21.1 Å². The van der Waals surface area contributed by atoms with E-state index in [0.29, 0.717) is 29.4 Å². The molecule has 0 bridgehead atoms. The number of hydrogen-bond donors (Lipinski definition) is 2. The number of halogens is 2. The zero-order valence-electron chi connectivity index (χ0n) is 16.9. The van der Waals surface area contributed by atoms with Gasteiger partial charge in [-0.05, 0) is 32.8 Å². The number of hydrogen-bond acceptors (Lipinski definition) is 7. The SMILES string of the molecule is Cc1nc(N2CCC3(CC2)CO[C@@H](C)[C@H]3N)nc(C(N)=O)c1-c1ccnc(Cl)c1Cl. The van der Waals surface area contributed by atoms with Crippen LogP contribution in [-0.2, 0) is 4.74 Å². The Kier molecular flexibility index (Phi) is 5.61. The monoisotopic (exact) mass is 450 g/mol. The summed E-state index contributed by atoms with van der Waals surface area (Å²) >= 11 is 12.4. The zero-order valence-corrected chi connectivity index (χ0v) is 18.4. The summed E-state index contributed by atoms with van der Waals surface area (Å²) in [6.45, 7) is 5.94. The first kappa shape index (κ1) is 21.2. The maximum atomic E-state index is 12.3. The average Bonchev–Trinajstić information content (AvgIpc) is 2.99. The second kappa shape index (κ2) is 7.92. The Labute approximate surface area is 184 Å². The Morgan fingerprint density at radius 2 is 2.00 bits per heavy atom. The van der Waals surface area contributed by atoms with Crippen molar-refractivity contribution < 1.29 is 9.53 Å². The molecule has 0 unspecified atom stereocenters. The molecule has 2 aliphatic heterocycles. The molecule has 160 valence electrons. The van der Waals surface area contributed by atoms with Crippen LogP contribution in [0, 0.1) is 12.3 Å². The Hall–Kier alpha value is -2.00. The second-order valence-electron chi connectivity index (χ2n) is 8.05. The molecule has 0 saturated carbocycles. The molecule has 2 saturated heterocycles. The van der Waals surface area contributed by atoms with Crippen molar-refractivity contribution in [3.05, 3.63) is 33.8 Å². The number of aromatic nitrogens is 3. The summed E-state index contributed by atoms with van der Waals surface area (Å²) in [5, 5.41) is 0.365. The fraction of sp³-hybridized carbons (Fsp3) is 0.500. The van der Waals surface area contributed by atoms with Crippen molar-refractivity contribution in [2.75, 3.05) is 24.6 Å². The molecule has 0 aliphatic carbocycles. The van der Waals surface area contributed by atoms with Gasteiger partial charge in [-0.1, -0.05) is 23.2 Å². The quantitative estimate of drug-likeness (QED) is 0.689. The molecule has 10 heteroatoms.